The highest BCUT2D eigenvalue weighted by atomic mass is 16.3. The number of carbonyl (C=O) groups is 1. The fraction of sp³-hybridized carbons (Fsp3) is 0.0500. The van der Waals surface area contributed by atoms with Crippen molar-refractivity contribution in [2.45, 2.75) is 6.42 Å². The van der Waals surface area contributed by atoms with Crippen molar-refractivity contribution < 1.29 is 9.90 Å². The standard InChI is InChI=1S/C20H14O2/c21-12-19-16(13-6-2-1-3-7-13)11-17-15-9-5-4-8-14(15)10-18(17)20(19)22/h1-9,11-12,22H,10H2. The van der Waals surface area contributed by atoms with Crippen molar-refractivity contribution >= 4 is 6.29 Å². The average Bonchev–Trinajstić information content (AvgIpc) is 2.95. The highest BCUT2D eigenvalue weighted by Crippen LogP contribution is 2.45. The van der Waals surface area contributed by atoms with Crippen LogP contribution in [0.15, 0.2) is 60.7 Å². The molecule has 2 nitrogen and oxygen atoms in total. The highest BCUT2D eigenvalue weighted by molar-refractivity contribution is 5.96. The largest absolute Gasteiger partial charge is 0.507 e. The molecule has 0 amide bonds. The number of aldehydes is 1. The summed E-state index contributed by atoms with van der Waals surface area (Å²) in [7, 11) is 0. The minimum atomic E-state index is 0.113. The molecule has 0 saturated carbocycles. The van der Waals surface area contributed by atoms with Crippen LogP contribution in [-0.4, -0.2) is 11.4 Å². The maximum Gasteiger partial charge on any atom is 0.154 e. The lowest BCUT2D eigenvalue weighted by Crippen LogP contribution is -1.93. The van der Waals surface area contributed by atoms with Crippen LogP contribution in [0.25, 0.3) is 22.3 Å². The van der Waals surface area contributed by atoms with Gasteiger partial charge in [-0.3, -0.25) is 4.79 Å². The Morgan fingerprint density at radius 3 is 2.36 bits per heavy atom. The third-order valence-corrected chi connectivity index (χ3v) is 4.32. The predicted octanol–water partition coefficient (Wildman–Crippen LogP) is 4.44. The summed E-state index contributed by atoms with van der Waals surface area (Å²) in [5.41, 5.74) is 6.30. The molecule has 22 heavy (non-hydrogen) atoms. The molecule has 0 heterocycles. The zero-order valence-corrected chi connectivity index (χ0v) is 11.9. The van der Waals surface area contributed by atoms with E-state index in [-0.39, 0.29) is 5.75 Å². The maximum atomic E-state index is 11.5. The van der Waals surface area contributed by atoms with Crippen LogP contribution >= 0.6 is 0 Å². The van der Waals surface area contributed by atoms with Gasteiger partial charge in [0, 0.05) is 12.0 Å². The number of phenolic OH excluding ortho intramolecular Hbond substituents is 1. The van der Waals surface area contributed by atoms with E-state index in [0.717, 1.165) is 34.1 Å². The molecule has 0 bridgehead atoms. The molecule has 1 aliphatic carbocycles. The summed E-state index contributed by atoms with van der Waals surface area (Å²) in [5, 5.41) is 10.6. The molecule has 0 unspecified atom stereocenters. The van der Waals surface area contributed by atoms with Crippen LogP contribution in [0, 0.1) is 0 Å². The number of hydrogen-bond acceptors (Lipinski definition) is 2. The fourth-order valence-corrected chi connectivity index (χ4v) is 3.25. The first kappa shape index (κ1) is 12.8. The van der Waals surface area contributed by atoms with Crippen LogP contribution in [0.4, 0.5) is 0 Å². The van der Waals surface area contributed by atoms with Gasteiger partial charge in [0.25, 0.3) is 0 Å². The normalized spacial score (nSPS) is 11.8. The summed E-state index contributed by atoms with van der Waals surface area (Å²) in [5.74, 6) is 0.113. The Morgan fingerprint density at radius 1 is 0.864 bits per heavy atom. The van der Waals surface area contributed by atoms with Gasteiger partial charge in [-0.05, 0) is 33.9 Å². The van der Waals surface area contributed by atoms with E-state index in [4.69, 9.17) is 0 Å². The third-order valence-electron chi connectivity index (χ3n) is 4.32. The zero-order chi connectivity index (χ0) is 15.1. The summed E-state index contributed by atoms with van der Waals surface area (Å²) < 4.78 is 0. The number of phenols is 1. The lowest BCUT2D eigenvalue weighted by molar-refractivity contribution is 0.112. The first-order valence-electron chi connectivity index (χ1n) is 7.27. The minimum absolute atomic E-state index is 0.113. The van der Waals surface area contributed by atoms with Gasteiger partial charge in [0.15, 0.2) is 6.29 Å². The van der Waals surface area contributed by atoms with E-state index in [1.54, 1.807) is 0 Å². The molecule has 2 heteroatoms. The van der Waals surface area contributed by atoms with Crippen LogP contribution in [-0.2, 0) is 6.42 Å². The van der Waals surface area contributed by atoms with Crippen molar-refractivity contribution in [1.29, 1.82) is 0 Å². The van der Waals surface area contributed by atoms with Gasteiger partial charge in [0.1, 0.15) is 5.75 Å². The summed E-state index contributed by atoms with van der Waals surface area (Å²) in [6.07, 6.45) is 1.42. The van der Waals surface area contributed by atoms with Gasteiger partial charge in [-0.1, -0.05) is 54.6 Å². The van der Waals surface area contributed by atoms with Crippen molar-refractivity contribution in [1.82, 2.24) is 0 Å². The lowest BCUT2D eigenvalue weighted by Gasteiger charge is -2.12. The van der Waals surface area contributed by atoms with E-state index in [1.165, 1.54) is 5.56 Å². The monoisotopic (exact) mass is 286 g/mol. The predicted molar refractivity (Wildman–Crippen MR) is 87.2 cm³/mol. The van der Waals surface area contributed by atoms with E-state index in [0.29, 0.717) is 12.0 Å². The molecule has 106 valence electrons. The summed E-state index contributed by atoms with van der Waals surface area (Å²) >= 11 is 0. The molecular formula is C20H14O2. The number of aromatic hydroxyl groups is 1. The lowest BCUT2D eigenvalue weighted by atomic mass is 9.93. The SMILES string of the molecule is O=Cc1c(-c2ccccc2)cc2c(c1O)Cc1ccccc1-2. The molecule has 0 aromatic heterocycles. The number of hydrogen-bond donors (Lipinski definition) is 1. The second-order valence-corrected chi connectivity index (χ2v) is 5.53. The highest BCUT2D eigenvalue weighted by Gasteiger charge is 2.25. The Labute approximate surface area is 128 Å². The number of benzene rings is 3. The van der Waals surface area contributed by atoms with Crippen molar-refractivity contribution in [3.63, 3.8) is 0 Å². The van der Waals surface area contributed by atoms with Gasteiger partial charge in [0.05, 0.1) is 5.56 Å². The second-order valence-electron chi connectivity index (χ2n) is 5.53. The summed E-state index contributed by atoms with van der Waals surface area (Å²) in [6, 6.07) is 19.9. The summed E-state index contributed by atoms with van der Waals surface area (Å²) in [6.45, 7) is 0. The molecule has 4 rings (SSSR count). The van der Waals surface area contributed by atoms with Gasteiger partial charge < -0.3 is 5.11 Å². The zero-order valence-electron chi connectivity index (χ0n) is 11.9. The first-order valence-corrected chi connectivity index (χ1v) is 7.27. The van der Waals surface area contributed by atoms with Crippen molar-refractivity contribution in [3.8, 4) is 28.0 Å². The molecule has 3 aromatic carbocycles. The smallest absolute Gasteiger partial charge is 0.154 e. The van der Waals surface area contributed by atoms with Crippen LogP contribution in [0.1, 0.15) is 21.5 Å². The Morgan fingerprint density at radius 2 is 1.59 bits per heavy atom. The first-order chi connectivity index (χ1) is 10.8. The molecule has 0 atom stereocenters. The van der Waals surface area contributed by atoms with Crippen molar-refractivity contribution in [3.05, 3.63) is 77.4 Å². The summed E-state index contributed by atoms with van der Waals surface area (Å²) in [4.78, 5) is 11.5. The number of carbonyl (C=O) groups excluding carboxylic acids is 1. The molecule has 0 aliphatic heterocycles. The molecule has 0 fully saturated rings. The van der Waals surface area contributed by atoms with Crippen LogP contribution in [0.3, 0.4) is 0 Å². The average molecular weight is 286 g/mol. The van der Waals surface area contributed by atoms with Crippen LogP contribution in [0.2, 0.25) is 0 Å². The van der Waals surface area contributed by atoms with E-state index >= 15 is 0 Å². The molecule has 1 N–H and O–H groups in total. The Bertz CT molecular complexity index is 880. The second kappa shape index (κ2) is 4.85. The number of rotatable bonds is 2. The maximum absolute atomic E-state index is 11.5. The van der Waals surface area contributed by atoms with E-state index in [2.05, 4.69) is 12.1 Å². The van der Waals surface area contributed by atoms with Gasteiger partial charge >= 0.3 is 0 Å². The molecular weight excluding hydrogens is 272 g/mol. The van der Waals surface area contributed by atoms with Gasteiger partial charge in [-0.15, -0.1) is 0 Å². The van der Waals surface area contributed by atoms with Gasteiger partial charge in [0.2, 0.25) is 0 Å². The minimum Gasteiger partial charge on any atom is -0.507 e. The van der Waals surface area contributed by atoms with Crippen LogP contribution < -0.4 is 0 Å². The quantitative estimate of drug-likeness (QED) is 0.553. The van der Waals surface area contributed by atoms with E-state index < -0.39 is 0 Å². The molecule has 3 aromatic rings. The Balaban J connectivity index is 2.03. The fourth-order valence-electron chi connectivity index (χ4n) is 3.25. The van der Waals surface area contributed by atoms with E-state index in [9.17, 15) is 9.90 Å². The topological polar surface area (TPSA) is 37.3 Å². The van der Waals surface area contributed by atoms with Crippen molar-refractivity contribution in [2.24, 2.45) is 0 Å². The molecule has 0 radical (unpaired) electrons. The van der Waals surface area contributed by atoms with Gasteiger partial charge in [-0.2, -0.15) is 0 Å². The Hall–Kier alpha value is -2.87. The molecule has 0 saturated heterocycles. The number of fused-ring (bicyclic) bond motifs is 3. The van der Waals surface area contributed by atoms with Crippen LogP contribution in [0.5, 0.6) is 5.75 Å². The molecule has 0 spiro atoms. The molecule has 1 aliphatic rings. The van der Waals surface area contributed by atoms with Crippen molar-refractivity contribution in [2.75, 3.05) is 0 Å². The van der Waals surface area contributed by atoms with E-state index in [1.807, 2.05) is 48.5 Å². The Kier molecular flexibility index (Phi) is 2.83. The third kappa shape index (κ3) is 1.77. The van der Waals surface area contributed by atoms with Gasteiger partial charge in [-0.25, -0.2) is 0 Å².